The van der Waals surface area contributed by atoms with Gasteiger partial charge in [-0.3, -0.25) is 0 Å². The van der Waals surface area contributed by atoms with E-state index in [0.29, 0.717) is 6.67 Å². The van der Waals surface area contributed by atoms with Gasteiger partial charge in [-0.25, -0.2) is 10.0 Å². The van der Waals surface area contributed by atoms with E-state index >= 15 is 0 Å². The van der Waals surface area contributed by atoms with Crippen molar-refractivity contribution >= 4 is 5.84 Å². The summed E-state index contributed by atoms with van der Waals surface area (Å²) in [5.41, 5.74) is 4.23. The second-order valence-electron chi connectivity index (χ2n) is 3.19. The van der Waals surface area contributed by atoms with Crippen LogP contribution in [0.5, 0.6) is 5.75 Å². The van der Waals surface area contributed by atoms with Crippen LogP contribution in [-0.2, 0) is 0 Å². The van der Waals surface area contributed by atoms with E-state index < -0.39 is 0 Å². The van der Waals surface area contributed by atoms with Crippen LogP contribution in [0.3, 0.4) is 0 Å². The molecule has 1 aromatic carbocycles. The summed E-state index contributed by atoms with van der Waals surface area (Å²) in [7, 11) is 3.62. The third kappa shape index (κ3) is 1.70. The molecule has 0 aliphatic carbocycles. The van der Waals surface area contributed by atoms with E-state index in [4.69, 9.17) is 4.74 Å². The lowest BCUT2D eigenvalue weighted by molar-refractivity contribution is 0.331. The minimum atomic E-state index is 0.696. The van der Waals surface area contributed by atoms with Gasteiger partial charge in [0.25, 0.3) is 0 Å². The number of benzene rings is 1. The summed E-state index contributed by atoms with van der Waals surface area (Å²) < 4.78 is 5.08. The van der Waals surface area contributed by atoms with Crippen LogP contribution in [0.25, 0.3) is 0 Å². The van der Waals surface area contributed by atoms with Crippen LogP contribution >= 0.6 is 0 Å². The number of hydrogen-bond donors (Lipinski definition) is 1. The number of aliphatic imine (C=N–C) groups is 1. The zero-order valence-electron chi connectivity index (χ0n) is 8.32. The predicted molar refractivity (Wildman–Crippen MR) is 55.3 cm³/mol. The summed E-state index contributed by atoms with van der Waals surface area (Å²) >= 11 is 0. The third-order valence-electron chi connectivity index (χ3n) is 2.10. The molecule has 0 radical (unpaired) electrons. The first-order valence-corrected chi connectivity index (χ1v) is 4.46. The van der Waals surface area contributed by atoms with Crippen molar-refractivity contribution in [1.29, 1.82) is 0 Å². The second kappa shape index (κ2) is 3.67. The molecule has 4 heteroatoms. The molecule has 0 bridgehead atoms. The molecule has 14 heavy (non-hydrogen) atoms. The van der Waals surface area contributed by atoms with E-state index in [1.54, 1.807) is 7.11 Å². The van der Waals surface area contributed by atoms with Crippen molar-refractivity contribution in [3.63, 3.8) is 0 Å². The number of nitrogens with one attached hydrogen (secondary N) is 1. The predicted octanol–water partition coefficient (Wildman–Crippen LogP) is 0.849. The first-order chi connectivity index (χ1) is 6.79. The molecular weight excluding hydrogens is 178 g/mol. The summed E-state index contributed by atoms with van der Waals surface area (Å²) in [6, 6.07) is 7.84. The van der Waals surface area contributed by atoms with Gasteiger partial charge in [-0.05, 0) is 24.3 Å². The van der Waals surface area contributed by atoms with Crippen molar-refractivity contribution in [2.24, 2.45) is 4.99 Å². The van der Waals surface area contributed by atoms with Crippen LogP contribution in [0.2, 0.25) is 0 Å². The monoisotopic (exact) mass is 191 g/mol. The molecular formula is C10H13N3O. The number of methoxy groups -OCH3 is 1. The second-order valence-corrected chi connectivity index (χ2v) is 3.19. The van der Waals surface area contributed by atoms with Crippen molar-refractivity contribution in [3.8, 4) is 5.75 Å². The summed E-state index contributed by atoms with van der Waals surface area (Å²) in [5, 5.41) is 1.93. The third-order valence-corrected chi connectivity index (χ3v) is 2.10. The number of rotatable bonds is 2. The molecule has 0 saturated carbocycles. The highest BCUT2D eigenvalue weighted by Crippen LogP contribution is 2.12. The van der Waals surface area contributed by atoms with E-state index in [2.05, 4.69) is 10.4 Å². The average Bonchev–Trinajstić information content (AvgIpc) is 2.65. The number of amidine groups is 1. The number of nitrogens with zero attached hydrogens (tertiary/aromatic N) is 2. The Balaban J connectivity index is 2.17. The largest absolute Gasteiger partial charge is 0.497 e. The zero-order valence-corrected chi connectivity index (χ0v) is 8.32. The first-order valence-electron chi connectivity index (χ1n) is 4.46. The minimum absolute atomic E-state index is 0.696. The molecule has 2 rings (SSSR count). The van der Waals surface area contributed by atoms with Gasteiger partial charge >= 0.3 is 0 Å². The van der Waals surface area contributed by atoms with Gasteiger partial charge in [0.1, 0.15) is 18.3 Å². The molecule has 1 aliphatic heterocycles. The highest BCUT2D eigenvalue weighted by molar-refractivity contribution is 5.99. The minimum Gasteiger partial charge on any atom is -0.497 e. The summed E-state index contributed by atoms with van der Waals surface area (Å²) in [5.74, 6) is 1.77. The smallest absolute Gasteiger partial charge is 0.144 e. The number of ether oxygens (including phenoxy) is 1. The molecule has 0 fully saturated rings. The normalized spacial score (nSPS) is 16.3. The molecule has 0 unspecified atom stereocenters. The van der Waals surface area contributed by atoms with Gasteiger partial charge in [0.05, 0.1) is 7.11 Å². The molecule has 1 aromatic rings. The molecule has 1 N–H and O–H groups in total. The van der Waals surface area contributed by atoms with Crippen LogP contribution in [-0.4, -0.2) is 31.7 Å². The Kier molecular flexibility index (Phi) is 2.37. The van der Waals surface area contributed by atoms with Gasteiger partial charge < -0.3 is 10.2 Å². The Bertz CT molecular complexity index is 345. The van der Waals surface area contributed by atoms with Gasteiger partial charge in [0.2, 0.25) is 0 Å². The maximum atomic E-state index is 5.08. The Morgan fingerprint density at radius 3 is 2.57 bits per heavy atom. The fraction of sp³-hybridized carbons (Fsp3) is 0.300. The van der Waals surface area contributed by atoms with Gasteiger partial charge in [-0.2, -0.15) is 0 Å². The van der Waals surface area contributed by atoms with Crippen LogP contribution in [0.15, 0.2) is 29.3 Å². The molecule has 1 aliphatic rings. The SMILES string of the molecule is COc1ccc(C2=NCN(C)N2)cc1. The average molecular weight is 191 g/mol. The maximum absolute atomic E-state index is 5.08. The Hall–Kier alpha value is -1.55. The van der Waals surface area contributed by atoms with E-state index in [-0.39, 0.29) is 0 Å². The van der Waals surface area contributed by atoms with E-state index in [1.165, 1.54) is 0 Å². The highest BCUT2D eigenvalue weighted by Gasteiger charge is 2.11. The van der Waals surface area contributed by atoms with Crippen molar-refractivity contribution in [1.82, 2.24) is 10.4 Å². The lowest BCUT2D eigenvalue weighted by atomic mass is 10.2. The first kappa shape index (κ1) is 9.02. The fourth-order valence-electron chi connectivity index (χ4n) is 1.33. The standard InChI is InChI=1S/C10H13N3O/c1-13-7-11-10(12-13)8-3-5-9(14-2)6-4-8/h3-6H,7H2,1-2H3,(H,11,12). The van der Waals surface area contributed by atoms with Crippen molar-refractivity contribution < 1.29 is 4.74 Å². The summed E-state index contributed by atoms with van der Waals surface area (Å²) in [4.78, 5) is 4.33. The van der Waals surface area contributed by atoms with Gasteiger partial charge in [-0.1, -0.05) is 0 Å². The molecule has 0 amide bonds. The van der Waals surface area contributed by atoms with Crippen molar-refractivity contribution in [3.05, 3.63) is 29.8 Å². The Morgan fingerprint density at radius 1 is 1.36 bits per heavy atom. The van der Waals surface area contributed by atoms with Gasteiger partial charge in [0.15, 0.2) is 0 Å². The van der Waals surface area contributed by atoms with Crippen molar-refractivity contribution in [2.75, 3.05) is 20.8 Å². The number of hydrogen-bond acceptors (Lipinski definition) is 4. The quantitative estimate of drug-likeness (QED) is 0.753. The molecule has 0 spiro atoms. The van der Waals surface area contributed by atoms with E-state index in [9.17, 15) is 0 Å². The molecule has 74 valence electrons. The van der Waals surface area contributed by atoms with Crippen LogP contribution in [0.4, 0.5) is 0 Å². The lowest BCUT2D eigenvalue weighted by Gasteiger charge is -2.09. The lowest BCUT2D eigenvalue weighted by Crippen LogP contribution is -2.32. The molecule has 1 heterocycles. The van der Waals surface area contributed by atoms with Gasteiger partial charge in [-0.15, -0.1) is 0 Å². The molecule has 4 nitrogen and oxygen atoms in total. The highest BCUT2D eigenvalue weighted by atomic mass is 16.5. The Morgan fingerprint density at radius 2 is 2.07 bits per heavy atom. The summed E-state index contributed by atoms with van der Waals surface area (Å²) in [6.45, 7) is 0.696. The molecule has 0 aromatic heterocycles. The molecule has 0 atom stereocenters. The fourth-order valence-corrected chi connectivity index (χ4v) is 1.33. The van der Waals surface area contributed by atoms with Crippen molar-refractivity contribution in [2.45, 2.75) is 0 Å². The van der Waals surface area contributed by atoms with Crippen LogP contribution in [0, 0.1) is 0 Å². The van der Waals surface area contributed by atoms with Gasteiger partial charge in [0, 0.05) is 12.6 Å². The van der Waals surface area contributed by atoms with E-state index in [0.717, 1.165) is 17.1 Å². The molecule has 0 saturated heterocycles. The maximum Gasteiger partial charge on any atom is 0.144 e. The van der Waals surface area contributed by atoms with Crippen LogP contribution < -0.4 is 10.2 Å². The van der Waals surface area contributed by atoms with E-state index in [1.807, 2.05) is 36.3 Å². The zero-order chi connectivity index (χ0) is 9.97. The topological polar surface area (TPSA) is 36.9 Å². The number of hydrazine groups is 1. The Labute approximate surface area is 83.2 Å². The van der Waals surface area contributed by atoms with Crippen LogP contribution in [0.1, 0.15) is 5.56 Å². The summed E-state index contributed by atoms with van der Waals surface area (Å²) in [6.07, 6.45) is 0.